The average molecular weight is 577 g/mol. The molecule has 0 aromatic heterocycles. The van der Waals surface area contributed by atoms with Crippen LogP contribution in [0.3, 0.4) is 0 Å². The summed E-state index contributed by atoms with van der Waals surface area (Å²) in [6, 6.07) is 12.8. The number of ether oxygens (including phenoxy) is 2. The molecule has 2 aromatic rings. The van der Waals surface area contributed by atoms with E-state index in [1.54, 1.807) is 28.0 Å². The fourth-order valence-corrected chi connectivity index (χ4v) is 4.49. The van der Waals surface area contributed by atoms with Gasteiger partial charge in [0.15, 0.2) is 17.5 Å². The van der Waals surface area contributed by atoms with Gasteiger partial charge in [0.05, 0.1) is 19.5 Å². The largest absolute Gasteiger partial charge is 0.493 e. The molecule has 178 valence electrons. The summed E-state index contributed by atoms with van der Waals surface area (Å²) in [7, 11) is -0.147. The first-order valence-electron chi connectivity index (χ1n) is 10.1. The Morgan fingerprint density at radius 1 is 1.09 bits per heavy atom. The zero-order valence-corrected chi connectivity index (χ0v) is 22.3. The summed E-state index contributed by atoms with van der Waals surface area (Å²) in [5, 5.41) is 6.45. The Morgan fingerprint density at radius 3 is 2.38 bits per heavy atom. The predicted octanol–water partition coefficient (Wildman–Crippen LogP) is 3.73. The van der Waals surface area contributed by atoms with Crippen molar-refractivity contribution in [1.82, 2.24) is 10.0 Å². The maximum atomic E-state index is 12.3. The van der Waals surface area contributed by atoms with Gasteiger partial charge < -0.3 is 20.1 Å². The quantitative estimate of drug-likeness (QED) is 0.227. The molecule has 2 aromatic carbocycles. The van der Waals surface area contributed by atoms with Gasteiger partial charge in [-0.3, -0.25) is 4.99 Å². The minimum atomic E-state index is -3.42. The summed E-state index contributed by atoms with van der Waals surface area (Å²) >= 11 is 0. The number of hydrogen-bond acceptors (Lipinski definition) is 5. The number of methoxy groups -OCH3 is 1. The third-order valence-electron chi connectivity index (χ3n) is 4.28. The van der Waals surface area contributed by atoms with Crippen LogP contribution in [-0.4, -0.2) is 41.2 Å². The molecule has 0 spiro atoms. The summed E-state index contributed by atoms with van der Waals surface area (Å²) in [6.45, 7) is 6.46. The molecule has 3 N–H and O–H groups in total. The number of sulfonamides is 1. The van der Waals surface area contributed by atoms with Gasteiger partial charge in [-0.25, -0.2) is 13.1 Å². The highest BCUT2D eigenvalue weighted by Crippen LogP contribution is 2.30. The van der Waals surface area contributed by atoms with Gasteiger partial charge in [-0.1, -0.05) is 24.3 Å². The van der Waals surface area contributed by atoms with Crippen molar-refractivity contribution in [3.05, 3.63) is 53.6 Å². The molecule has 0 radical (unpaired) electrons. The monoisotopic (exact) mass is 576 g/mol. The Bertz CT molecular complexity index is 997. The molecular weight excluding hydrogens is 543 g/mol. The van der Waals surface area contributed by atoms with Crippen molar-refractivity contribution in [1.29, 1.82) is 0 Å². The van der Waals surface area contributed by atoms with Crippen molar-refractivity contribution < 1.29 is 17.9 Å². The van der Waals surface area contributed by atoms with Crippen LogP contribution in [-0.2, 0) is 22.3 Å². The van der Waals surface area contributed by atoms with Crippen molar-refractivity contribution in [2.75, 3.05) is 26.1 Å². The van der Waals surface area contributed by atoms with Gasteiger partial charge in [0.25, 0.3) is 0 Å². The van der Waals surface area contributed by atoms with E-state index in [4.69, 9.17) is 9.47 Å². The van der Waals surface area contributed by atoms with Crippen LogP contribution in [0.15, 0.2) is 47.5 Å². The van der Waals surface area contributed by atoms with E-state index in [1.807, 2.05) is 49.4 Å². The zero-order chi connectivity index (χ0) is 22.9. The highest BCUT2D eigenvalue weighted by atomic mass is 127. The summed E-state index contributed by atoms with van der Waals surface area (Å²) in [6.07, 6.45) is 0. The minimum Gasteiger partial charge on any atom is -0.493 e. The summed E-state index contributed by atoms with van der Waals surface area (Å²) in [5.74, 6) is 1.76. The lowest BCUT2D eigenvalue weighted by molar-refractivity contribution is 0.311. The van der Waals surface area contributed by atoms with Gasteiger partial charge in [-0.15, -0.1) is 24.0 Å². The molecular formula is C22H33IN4O4S. The molecule has 2 rings (SSSR count). The maximum Gasteiger partial charge on any atom is 0.216 e. The van der Waals surface area contributed by atoms with Crippen molar-refractivity contribution >= 4 is 45.6 Å². The van der Waals surface area contributed by atoms with E-state index in [0.717, 1.165) is 16.8 Å². The Hall–Kier alpha value is -2.05. The highest BCUT2D eigenvalue weighted by molar-refractivity contribution is 14.0. The topological polar surface area (TPSA) is 101 Å². The first-order valence-corrected chi connectivity index (χ1v) is 11.8. The summed E-state index contributed by atoms with van der Waals surface area (Å²) in [4.78, 5) is 4.25. The number of aliphatic imine (C=N–C) groups is 1. The second-order valence-corrected chi connectivity index (χ2v) is 8.90. The maximum absolute atomic E-state index is 12.3. The Kier molecular flexibility index (Phi) is 11.8. The standard InChI is InChI=1S/C22H32N4O4S.HI/c1-6-30-21-13-19(11-12-20(21)29-5)25-22(23-4)24-14-17-9-7-8-10-18(17)15-31(27,28)26-16(2)3;/h7-13,16,26H,6,14-15H2,1-5H3,(H2,23,24,25);1H. The normalized spacial score (nSPS) is 11.6. The van der Waals surface area contributed by atoms with Crippen molar-refractivity contribution in [2.45, 2.75) is 39.1 Å². The molecule has 0 bridgehead atoms. The number of rotatable bonds is 10. The van der Waals surface area contributed by atoms with E-state index in [-0.39, 0.29) is 35.8 Å². The molecule has 8 nitrogen and oxygen atoms in total. The number of hydrogen-bond donors (Lipinski definition) is 3. The van der Waals surface area contributed by atoms with Crippen LogP contribution in [0.4, 0.5) is 5.69 Å². The van der Waals surface area contributed by atoms with Crippen LogP contribution in [0.1, 0.15) is 31.9 Å². The molecule has 0 unspecified atom stereocenters. The fourth-order valence-electron chi connectivity index (χ4n) is 2.99. The van der Waals surface area contributed by atoms with E-state index < -0.39 is 10.0 Å². The van der Waals surface area contributed by atoms with Crippen molar-refractivity contribution in [3.63, 3.8) is 0 Å². The Morgan fingerprint density at radius 2 is 1.78 bits per heavy atom. The molecule has 0 atom stereocenters. The van der Waals surface area contributed by atoms with Crippen LogP contribution in [0.2, 0.25) is 0 Å². The van der Waals surface area contributed by atoms with Crippen LogP contribution in [0.25, 0.3) is 0 Å². The smallest absolute Gasteiger partial charge is 0.216 e. The third-order valence-corrected chi connectivity index (χ3v) is 5.80. The van der Waals surface area contributed by atoms with Gasteiger partial charge in [0.2, 0.25) is 10.0 Å². The summed E-state index contributed by atoms with van der Waals surface area (Å²) < 4.78 is 38.2. The molecule has 0 aliphatic carbocycles. The van der Waals surface area contributed by atoms with Crippen molar-refractivity contribution in [3.8, 4) is 11.5 Å². The first-order chi connectivity index (χ1) is 14.8. The van der Waals surface area contributed by atoms with E-state index in [1.165, 1.54) is 0 Å². The number of nitrogens with one attached hydrogen (secondary N) is 3. The second kappa shape index (κ2) is 13.5. The first kappa shape index (κ1) is 28.0. The molecule has 0 fully saturated rings. The average Bonchev–Trinajstić information content (AvgIpc) is 2.71. The minimum absolute atomic E-state index is 0. The zero-order valence-electron chi connectivity index (χ0n) is 19.1. The number of nitrogens with zero attached hydrogens (tertiary/aromatic N) is 1. The van der Waals surface area contributed by atoms with E-state index >= 15 is 0 Å². The number of anilines is 1. The number of guanidine groups is 1. The van der Waals surface area contributed by atoms with E-state index in [2.05, 4.69) is 20.3 Å². The predicted molar refractivity (Wildman–Crippen MR) is 141 cm³/mol. The molecule has 32 heavy (non-hydrogen) atoms. The number of halogens is 1. The van der Waals surface area contributed by atoms with Gasteiger partial charge in [0.1, 0.15) is 0 Å². The Balaban J connectivity index is 0.00000512. The van der Waals surface area contributed by atoms with Gasteiger partial charge in [-0.05, 0) is 44.0 Å². The second-order valence-electron chi connectivity index (χ2n) is 7.15. The molecule has 0 aliphatic rings. The van der Waals surface area contributed by atoms with Crippen LogP contribution >= 0.6 is 24.0 Å². The Labute approximate surface area is 208 Å². The van der Waals surface area contributed by atoms with Gasteiger partial charge in [-0.2, -0.15) is 0 Å². The summed E-state index contributed by atoms with van der Waals surface area (Å²) in [5.41, 5.74) is 2.40. The van der Waals surface area contributed by atoms with Gasteiger partial charge in [0, 0.05) is 31.4 Å². The fraction of sp³-hybridized carbons (Fsp3) is 0.409. The van der Waals surface area contributed by atoms with E-state index in [0.29, 0.717) is 30.6 Å². The van der Waals surface area contributed by atoms with Gasteiger partial charge >= 0.3 is 0 Å². The molecule has 10 heteroatoms. The molecule has 0 saturated carbocycles. The lowest BCUT2D eigenvalue weighted by Crippen LogP contribution is -2.32. The van der Waals surface area contributed by atoms with Crippen LogP contribution in [0, 0.1) is 0 Å². The van der Waals surface area contributed by atoms with E-state index in [9.17, 15) is 8.42 Å². The van der Waals surface area contributed by atoms with Crippen LogP contribution < -0.4 is 24.8 Å². The third kappa shape index (κ3) is 8.83. The molecule has 0 heterocycles. The lowest BCUT2D eigenvalue weighted by Gasteiger charge is -2.16. The molecule has 0 saturated heterocycles. The van der Waals surface area contributed by atoms with Crippen LogP contribution in [0.5, 0.6) is 11.5 Å². The molecule has 0 amide bonds. The van der Waals surface area contributed by atoms with Crippen molar-refractivity contribution in [2.24, 2.45) is 4.99 Å². The SMILES string of the molecule is CCOc1cc(NC(=NC)NCc2ccccc2CS(=O)(=O)NC(C)C)ccc1OC.I. The molecule has 0 aliphatic heterocycles. The number of benzene rings is 2. The highest BCUT2D eigenvalue weighted by Gasteiger charge is 2.15. The lowest BCUT2D eigenvalue weighted by atomic mass is 10.1.